The van der Waals surface area contributed by atoms with Crippen molar-refractivity contribution >= 4 is 11.9 Å². The molecule has 0 saturated carbocycles. The monoisotopic (exact) mass is 198 g/mol. The van der Waals surface area contributed by atoms with Gasteiger partial charge in [0.2, 0.25) is 5.41 Å². The van der Waals surface area contributed by atoms with E-state index < -0.39 is 17.4 Å². The van der Waals surface area contributed by atoms with Gasteiger partial charge >= 0.3 is 11.9 Å². The van der Waals surface area contributed by atoms with Gasteiger partial charge < -0.3 is 9.84 Å². The summed E-state index contributed by atoms with van der Waals surface area (Å²) in [6, 6.07) is 0. The van der Waals surface area contributed by atoms with Crippen molar-refractivity contribution in [3.05, 3.63) is 11.6 Å². The summed E-state index contributed by atoms with van der Waals surface area (Å²) in [5.41, 5.74) is -0.747. The molecule has 1 rings (SSSR count). The zero-order valence-corrected chi connectivity index (χ0v) is 8.37. The molecule has 4 nitrogen and oxygen atoms in total. The highest BCUT2D eigenvalue weighted by Crippen LogP contribution is 2.48. The van der Waals surface area contributed by atoms with Crippen molar-refractivity contribution in [2.75, 3.05) is 7.11 Å². The fourth-order valence-electron chi connectivity index (χ4n) is 1.50. The van der Waals surface area contributed by atoms with E-state index in [4.69, 9.17) is 5.11 Å². The minimum Gasteiger partial charge on any atom is -0.480 e. The Morgan fingerprint density at radius 3 is 2.64 bits per heavy atom. The van der Waals surface area contributed by atoms with Gasteiger partial charge in [-0.05, 0) is 18.4 Å². The van der Waals surface area contributed by atoms with E-state index in [1.165, 1.54) is 13.2 Å². The lowest BCUT2D eigenvalue weighted by molar-refractivity contribution is -0.157. The van der Waals surface area contributed by atoms with Crippen LogP contribution in [0.1, 0.15) is 26.2 Å². The van der Waals surface area contributed by atoms with Crippen LogP contribution in [-0.4, -0.2) is 24.2 Å². The average molecular weight is 198 g/mol. The molecular weight excluding hydrogens is 184 g/mol. The lowest BCUT2D eigenvalue weighted by Crippen LogP contribution is -2.30. The van der Waals surface area contributed by atoms with E-state index in [1.54, 1.807) is 0 Å². The first kappa shape index (κ1) is 10.8. The van der Waals surface area contributed by atoms with Crippen molar-refractivity contribution in [3.8, 4) is 0 Å². The van der Waals surface area contributed by atoms with Gasteiger partial charge in [0.05, 0.1) is 7.11 Å². The summed E-state index contributed by atoms with van der Waals surface area (Å²) >= 11 is 0. The molecule has 0 saturated heterocycles. The third kappa shape index (κ3) is 1.52. The Balaban J connectivity index is 2.64. The fraction of sp³-hybridized carbons (Fsp3) is 0.600. The van der Waals surface area contributed by atoms with Gasteiger partial charge in [-0.2, -0.15) is 0 Å². The molecule has 0 spiro atoms. The number of ether oxygens (including phenoxy) is 1. The van der Waals surface area contributed by atoms with Crippen LogP contribution in [0.5, 0.6) is 0 Å². The molecule has 1 unspecified atom stereocenters. The number of carboxylic acids is 1. The Bertz CT molecular complexity index is 292. The van der Waals surface area contributed by atoms with Gasteiger partial charge in [0.1, 0.15) is 0 Å². The molecule has 14 heavy (non-hydrogen) atoms. The molecule has 0 aromatic rings. The lowest BCUT2D eigenvalue weighted by atomic mass is 9.98. The van der Waals surface area contributed by atoms with E-state index >= 15 is 0 Å². The predicted molar refractivity (Wildman–Crippen MR) is 49.7 cm³/mol. The molecule has 0 bridgehead atoms. The molecule has 0 amide bonds. The van der Waals surface area contributed by atoms with Gasteiger partial charge in [0.15, 0.2) is 0 Å². The first-order valence-corrected chi connectivity index (χ1v) is 4.63. The minimum atomic E-state index is -1.43. The molecule has 0 radical (unpaired) electrons. The van der Waals surface area contributed by atoms with Gasteiger partial charge in [-0.3, -0.25) is 9.59 Å². The largest absolute Gasteiger partial charge is 0.480 e. The van der Waals surface area contributed by atoms with E-state index in [0.29, 0.717) is 12.0 Å². The first-order chi connectivity index (χ1) is 6.59. The number of carbonyl (C=O) groups excluding carboxylic acids is 1. The average Bonchev–Trinajstić information content (AvgIpc) is 2.89. The van der Waals surface area contributed by atoms with Gasteiger partial charge in [-0.1, -0.05) is 19.4 Å². The van der Waals surface area contributed by atoms with Crippen LogP contribution in [0.3, 0.4) is 0 Å². The highest BCUT2D eigenvalue weighted by atomic mass is 16.5. The van der Waals surface area contributed by atoms with Crippen LogP contribution in [0.25, 0.3) is 0 Å². The van der Waals surface area contributed by atoms with E-state index in [-0.39, 0.29) is 0 Å². The van der Waals surface area contributed by atoms with Crippen LogP contribution < -0.4 is 0 Å². The van der Waals surface area contributed by atoms with Crippen LogP contribution in [0.15, 0.2) is 11.6 Å². The number of hydrogen-bond acceptors (Lipinski definition) is 3. The highest BCUT2D eigenvalue weighted by Gasteiger charge is 2.58. The van der Waals surface area contributed by atoms with Gasteiger partial charge in [0.25, 0.3) is 0 Å². The number of unbranched alkanes of at least 4 members (excludes halogenated alkanes) is 1. The molecule has 1 aliphatic carbocycles. The van der Waals surface area contributed by atoms with E-state index in [9.17, 15) is 9.59 Å². The number of hydrogen-bond donors (Lipinski definition) is 1. The number of rotatable bonds is 5. The quantitative estimate of drug-likeness (QED) is 0.411. The molecule has 1 atom stereocenters. The number of carboxylic acid groups (broad SMARTS) is 1. The molecule has 78 valence electrons. The smallest absolute Gasteiger partial charge is 0.331 e. The van der Waals surface area contributed by atoms with Gasteiger partial charge in [-0.25, -0.2) is 0 Å². The predicted octanol–water partition coefficient (Wildman–Crippen LogP) is 1.36. The van der Waals surface area contributed by atoms with E-state index in [1.807, 2.05) is 6.92 Å². The zero-order chi connectivity index (χ0) is 10.8. The molecule has 0 aromatic heterocycles. The van der Waals surface area contributed by atoms with Gasteiger partial charge in [0, 0.05) is 0 Å². The summed E-state index contributed by atoms with van der Waals surface area (Å²) in [6.07, 6.45) is 4.03. The second-order valence-corrected chi connectivity index (χ2v) is 3.38. The Labute approximate surface area is 82.6 Å². The summed E-state index contributed by atoms with van der Waals surface area (Å²) in [7, 11) is 1.20. The Hall–Kier alpha value is -1.32. The standard InChI is InChI=1S/C10H14O4/c1-3-4-5-7-6-10(7,8(11)12)9(13)14-2/h6H,3-5H2,1-2H3,(H,11,12). The maximum atomic E-state index is 11.3. The topological polar surface area (TPSA) is 63.6 Å². The van der Waals surface area contributed by atoms with Crippen molar-refractivity contribution in [2.24, 2.45) is 5.41 Å². The number of carbonyl (C=O) groups is 2. The van der Waals surface area contributed by atoms with Crippen LogP contribution in [0.4, 0.5) is 0 Å². The molecule has 0 fully saturated rings. The van der Waals surface area contributed by atoms with Crippen molar-refractivity contribution in [3.63, 3.8) is 0 Å². The summed E-state index contributed by atoms with van der Waals surface area (Å²) in [6.45, 7) is 2.02. The number of esters is 1. The second kappa shape index (κ2) is 3.82. The van der Waals surface area contributed by atoms with Crippen LogP contribution in [0, 0.1) is 5.41 Å². The third-order valence-corrected chi connectivity index (χ3v) is 2.46. The Kier molecular flexibility index (Phi) is 2.93. The molecule has 1 N–H and O–H groups in total. The summed E-state index contributed by atoms with van der Waals surface area (Å²) in [4.78, 5) is 22.2. The molecule has 0 aliphatic heterocycles. The Morgan fingerprint density at radius 1 is 1.57 bits per heavy atom. The van der Waals surface area contributed by atoms with Crippen molar-refractivity contribution < 1.29 is 19.4 Å². The van der Waals surface area contributed by atoms with E-state index in [0.717, 1.165) is 12.8 Å². The Morgan fingerprint density at radius 2 is 2.21 bits per heavy atom. The number of methoxy groups -OCH3 is 1. The lowest BCUT2D eigenvalue weighted by Gasteiger charge is -2.10. The molecule has 0 heterocycles. The van der Waals surface area contributed by atoms with Crippen LogP contribution in [0.2, 0.25) is 0 Å². The molecule has 1 aliphatic rings. The van der Waals surface area contributed by atoms with Crippen LogP contribution in [-0.2, 0) is 14.3 Å². The molecule has 4 heteroatoms. The first-order valence-electron chi connectivity index (χ1n) is 4.63. The maximum absolute atomic E-state index is 11.3. The molecular formula is C10H14O4. The van der Waals surface area contributed by atoms with Gasteiger partial charge in [-0.15, -0.1) is 0 Å². The fourth-order valence-corrected chi connectivity index (χ4v) is 1.50. The summed E-state index contributed by atoms with van der Waals surface area (Å²) < 4.78 is 4.48. The third-order valence-electron chi connectivity index (χ3n) is 2.46. The van der Waals surface area contributed by atoms with Crippen LogP contribution >= 0.6 is 0 Å². The summed E-state index contributed by atoms with van der Waals surface area (Å²) in [5, 5.41) is 8.92. The zero-order valence-electron chi connectivity index (χ0n) is 8.37. The van der Waals surface area contributed by atoms with E-state index in [2.05, 4.69) is 4.74 Å². The number of aliphatic carboxylic acids is 1. The maximum Gasteiger partial charge on any atom is 0.331 e. The highest BCUT2D eigenvalue weighted by molar-refractivity contribution is 6.10. The molecule has 0 aromatic carbocycles. The van der Waals surface area contributed by atoms with Crippen molar-refractivity contribution in [1.82, 2.24) is 0 Å². The SMILES string of the molecule is CCCCC1=CC1(C(=O)O)C(=O)OC. The second-order valence-electron chi connectivity index (χ2n) is 3.38. The minimum absolute atomic E-state index is 0.665. The van der Waals surface area contributed by atoms with Crippen molar-refractivity contribution in [1.29, 1.82) is 0 Å². The normalized spacial score (nSPS) is 24.0. The van der Waals surface area contributed by atoms with Crippen molar-refractivity contribution in [2.45, 2.75) is 26.2 Å². The summed E-state index contributed by atoms with van der Waals surface area (Å²) in [5.74, 6) is -1.81.